The number of nitrogens with zero attached hydrogens (tertiary/aromatic N) is 14. The van der Waals surface area contributed by atoms with Crippen molar-refractivity contribution in [2.45, 2.75) is 137 Å². The van der Waals surface area contributed by atoms with Gasteiger partial charge in [0, 0.05) is 36.3 Å². The van der Waals surface area contributed by atoms with Gasteiger partial charge in [0.05, 0.1) is 59.7 Å². The molecule has 27 nitrogen and oxygen atoms in total. The van der Waals surface area contributed by atoms with Crippen molar-refractivity contribution in [3.8, 4) is 68.3 Å². The van der Waals surface area contributed by atoms with Crippen LogP contribution in [-0.2, 0) is 27.4 Å². The van der Waals surface area contributed by atoms with E-state index in [0.717, 1.165) is 107 Å². The lowest BCUT2D eigenvalue weighted by atomic mass is 10.1. The van der Waals surface area contributed by atoms with Gasteiger partial charge in [-0.3, -0.25) is 9.89 Å². The molecule has 27 heteroatoms. The average molecular weight is 1460 g/mol. The van der Waals surface area contributed by atoms with Gasteiger partial charge in [0.15, 0.2) is 16.9 Å². The SMILES string of the molecule is C.C.C=CC(=O)N1CCC[C@@H]1Cn1nc(-c2ccc(Oc3ccccc3)cc2)c2c(N)ncnc21.CC(C)(C)OC(=O)N1CCC[C@@H]1CO.CC(C)(C)OC(=O)N1CCC[C@@H]1Cn1nc(-c2ccc(Oc3ccccc3)cc2)c2c(N)ncnc21.Nc1ncnc2n[nH]c(-c3ccc(Oc4ccccc4)cc3)c12. The molecule has 3 saturated heterocycles. The molecule has 3 fully saturated rings. The van der Waals surface area contributed by atoms with Crippen LogP contribution in [0.4, 0.5) is 27.0 Å². The van der Waals surface area contributed by atoms with Crippen molar-refractivity contribution in [1.29, 1.82) is 0 Å². The maximum absolute atomic E-state index is 12.8. The van der Waals surface area contributed by atoms with Gasteiger partial charge < -0.3 is 60.7 Å². The second-order valence-corrected chi connectivity index (χ2v) is 27.5. The molecule has 3 amide bonds. The second-order valence-electron chi connectivity index (χ2n) is 27.5. The molecule has 0 saturated carbocycles. The van der Waals surface area contributed by atoms with Crippen molar-refractivity contribution >= 4 is 68.6 Å². The summed E-state index contributed by atoms with van der Waals surface area (Å²) in [7, 11) is 0. The number of H-pyrrole nitrogens is 1. The number of aliphatic hydroxyl groups excluding tert-OH is 1. The van der Waals surface area contributed by atoms with E-state index in [9.17, 15) is 14.4 Å². The van der Waals surface area contributed by atoms with Gasteiger partial charge in [-0.2, -0.15) is 15.3 Å². The van der Waals surface area contributed by atoms with Crippen molar-refractivity contribution in [2.24, 2.45) is 0 Å². The Kier molecular flexibility index (Phi) is 25.3. The van der Waals surface area contributed by atoms with E-state index in [4.69, 9.17) is 56.2 Å². The lowest BCUT2D eigenvalue weighted by Gasteiger charge is -2.28. The molecule has 8 N–H and O–H groups in total. The van der Waals surface area contributed by atoms with Crippen LogP contribution in [0, 0.1) is 0 Å². The lowest BCUT2D eigenvalue weighted by Crippen LogP contribution is -2.41. The van der Waals surface area contributed by atoms with Gasteiger partial charge in [0.25, 0.3) is 0 Å². The summed E-state index contributed by atoms with van der Waals surface area (Å²) in [5, 5.41) is 28.0. The molecule has 108 heavy (non-hydrogen) atoms. The zero-order chi connectivity index (χ0) is 74.5. The molecular formula is C81H94N18O9. The number of para-hydroxylation sites is 3. The first-order valence-electron chi connectivity index (χ1n) is 35.1. The predicted octanol–water partition coefficient (Wildman–Crippen LogP) is 15.4. The number of amides is 3. The first-order chi connectivity index (χ1) is 51.2. The summed E-state index contributed by atoms with van der Waals surface area (Å²) in [6, 6.07) is 51.9. The number of nitrogens with one attached hydrogen (secondary N) is 1. The summed E-state index contributed by atoms with van der Waals surface area (Å²) in [5.41, 5.74) is 24.2. The molecule has 0 spiro atoms. The number of ether oxygens (including phenoxy) is 5. The zero-order valence-corrected chi connectivity index (χ0v) is 60.0. The molecule has 6 aromatic heterocycles. The van der Waals surface area contributed by atoms with E-state index in [0.29, 0.717) is 82.7 Å². The standard InChI is InChI=1S/C27H30N6O3.C25H24N6O2.C17H13N5O.C10H19NO3.2CH4/c1-27(2,3)36-26(34)32-15-7-8-19(32)16-33-25-22(24(28)29-17-30-25)23(31-33)18-11-13-21(14-12-18)35-20-9-5-4-6-10-20;1-2-21(32)30-14-6-7-18(30)15-31-25-22(24(26)27-16-28-25)23(29-31)17-10-12-20(13-11-17)33-19-8-4-3-5-9-19;18-16-14-15(21-22-17(14)20-10-19-16)11-6-8-13(9-7-11)23-12-4-2-1-3-5-12;1-10(2,3)14-9(13)11-6-4-5-8(11)7-12;;/h4-6,9-14,17,19H,7-8,15-16H2,1-3H3,(H2,28,29,30);2-5,8-13,16,18H,1,6-7,14-15H2,(H2,26,27,28);1-10H,(H3,18,19,20,21,22);8,12H,4-7H2,1-3H3;2*1H4/t19-;18-;;8-;;/m11.1../s1. The number of benzene rings is 6. The zero-order valence-electron chi connectivity index (χ0n) is 60.0. The van der Waals surface area contributed by atoms with E-state index in [1.807, 2.05) is 220 Å². The second kappa shape index (κ2) is 35.0. The number of aliphatic hydroxyl groups is 1. The molecular weight excluding hydrogens is 1370 g/mol. The number of nitrogen functional groups attached to an aromatic ring is 3. The Morgan fingerprint density at radius 1 is 0.481 bits per heavy atom. The van der Waals surface area contributed by atoms with Crippen LogP contribution < -0.4 is 31.4 Å². The number of likely N-dealkylation sites (tertiary alicyclic amines) is 3. The number of hydrogen-bond donors (Lipinski definition) is 5. The predicted molar refractivity (Wildman–Crippen MR) is 419 cm³/mol. The number of anilines is 3. The van der Waals surface area contributed by atoms with Gasteiger partial charge in [0.2, 0.25) is 5.91 Å². The van der Waals surface area contributed by atoms with Crippen molar-refractivity contribution in [1.82, 2.24) is 74.4 Å². The molecule has 12 aromatic rings. The molecule has 15 rings (SSSR count). The molecule has 6 aromatic carbocycles. The summed E-state index contributed by atoms with van der Waals surface area (Å²) in [6.45, 7) is 17.9. The molecule has 9 heterocycles. The summed E-state index contributed by atoms with van der Waals surface area (Å²) in [5.74, 6) is 5.62. The minimum atomic E-state index is -0.548. The van der Waals surface area contributed by atoms with Crippen LogP contribution in [-0.4, -0.2) is 153 Å². The van der Waals surface area contributed by atoms with Gasteiger partial charge >= 0.3 is 12.2 Å². The highest BCUT2D eigenvalue weighted by Crippen LogP contribution is 2.37. The minimum absolute atomic E-state index is 0. The van der Waals surface area contributed by atoms with E-state index in [1.54, 1.807) is 9.80 Å². The van der Waals surface area contributed by atoms with Gasteiger partial charge in [-0.05, 0) is 195 Å². The number of nitrogens with two attached hydrogens (primary N) is 3. The van der Waals surface area contributed by atoms with Crippen molar-refractivity contribution in [3.05, 3.63) is 195 Å². The van der Waals surface area contributed by atoms with Crippen LogP contribution in [0.25, 0.3) is 66.9 Å². The largest absolute Gasteiger partial charge is 0.457 e. The van der Waals surface area contributed by atoms with Crippen molar-refractivity contribution in [3.63, 3.8) is 0 Å². The van der Waals surface area contributed by atoms with E-state index in [2.05, 4.69) is 46.7 Å². The summed E-state index contributed by atoms with van der Waals surface area (Å²) in [4.78, 5) is 67.3. The molecule has 0 unspecified atom stereocenters. The number of hydrogen-bond acceptors (Lipinski definition) is 21. The van der Waals surface area contributed by atoms with E-state index in [-0.39, 0.29) is 57.7 Å². The maximum atomic E-state index is 12.8. The first kappa shape index (κ1) is 78.1. The Morgan fingerprint density at radius 3 is 1.23 bits per heavy atom. The van der Waals surface area contributed by atoms with Crippen LogP contribution in [0.1, 0.15) is 94.9 Å². The summed E-state index contributed by atoms with van der Waals surface area (Å²) >= 11 is 0. The Bertz CT molecular complexity index is 4970. The molecule has 0 bridgehead atoms. The topological polar surface area (TPSA) is 347 Å². The molecule has 3 aliphatic rings. The molecule has 562 valence electrons. The summed E-state index contributed by atoms with van der Waals surface area (Å²) in [6.07, 6.45) is 10.5. The van der Waals surface area contributed by atoms with Gasteiger partial charge in [-0.1, -0.05) is 76.0 Å². The average Bonchev–Trinajstić information content (AvgIpc) is 1.62. The third-order valence-corrected chi connectivity index (χ3v) is 17.7. The monoisotopic (exact) mass is 1460 g/mol. The number of carbonyl (C=O) groups excluding carboxylic acids is 3. The van der Waals surface area contributed by atoms with Crippen molar-refractivity contribution < 1.29 is 43.2 Å². The number of fused-ring (bicyclic) bond motifs is 3. The summed E-state index contributed by atoms with van der Waals surface area (Å²) < 4.78 is 32.1. The van der Waals surface area contributed by atoms with Crippen LogP contribution in [0.3, 0.4) is 0 Å². The Hall–Kier alpha value is -12.5. The molecule has 0 aliphatic carbocycles. The van der Waals surface area contributed by atoms with Crippen molar-refractivity contribution in [2.75, 3.05) is 43.4 Å². The molecule has 0 radical (unpaired) electrons. The van der Waals surface area contributed by atoms with Crippen LogP contribution >= 0.6 is 0 Å². The smallest absolute Gasteiger partial charge is 0.410 e. The van der Waals surface area contributed by atoms with Crippen LogP contribution in [0.5, 0.6) is 34.5 Å². The third-order valence-electron chi connectivity index (χ3n) is 17.7. The van der Waals surface area contributed by atoms with Crippen LogP contribution in [0.2, 0.25) is 0 Å². The fourth-order valence-electron chi connectivity index (χ4n) is 12.7. The van der Waals surface area contributed by atoms with Gasteiger partial charge in [-0.25, -0.2) is 48.9 Å². The minimum Gasteiger partial charge on any atom is -0.457 e. The highest BCUT2D eigenvalue weighted by Gasteiger charge is 2.35. The number of aromatic amines is 1. The molecule has 3 aliphatic heterocycles. The number of rotatable bonds is 15. The fourth-order valence-corrected chi connectivity index (χ4v) is 12.7. The Morgan fingerprint density at radius 2 is 0.833 bits per heavy atom. The quantitative estimate of drug-likeness (QED) is 0.0595. The van der Waals surface area contributed by atoms with Crippen LogP contribution in [0.15, 0.2) is 195 Å². The third kappa shape index (κ3) is 19.1. The van der Waals surface area contributed by atoms with E-state index < -0.39 is 11.2 Å². The van der Waals surface area contributed by atoms with E-state index >= 15 is 0 Å². The highest BCUT2D eigenvalue weighted by molar-refractivity contribution is 6.00. The lowest BCUT2D eigenvalue weighted by molar-refractivity contribution is -0.127. The normalized spacial score (nSPS) is 15.3. The Balaban J connectivity index is 0.000000160. The van der Waals surface area contributed by atoms with Gasteiger partial charge in [-0.15, -0.1) is 0 Å². The first-order valence-corrected chi connectivity index (χ1v) is 35.1. The highest BCUT2D eigenvalue weighted by atomic mass is 16.6. The maximum Gasteiger partial charge on any atom is 0.410 e. The van der Waals surface area contributed by atoms with E-state index in [1.165, 1.54) is 25.1 Å². The molecule has 3 atom stereocenters. The van der Waals surface area contributed by atoms with Gasteiger partial charge in [0.1, 0.15) is 93.5 Å². The number of carbonyl (C=O) groups is 3. The fraction of sp³-hybridized carbons (Fsp3) is 0.309. The number of aromatic nitrogens is 12. The Labute approximate surface area is 627 Å².